The second-order valence-electron chi connectivity index (χ2n) is 3.01. The molecular formula is C9H11N5O3. The van der Waals surface area contributed by atoms with Crippen LogP contribution in [-0.4, -0.2) is 28.1 Å². The molecule has 0 radical (unpaired) electrons. The summed E-state index contributed by atoms with van der Waals surface area (Å²) < 4.78 is 0. The number of guanidine groups is 2. The van der Waals surface area contributed by atoms with Gasteiger partial charge in [0.2, 0.25) is 5.96 Å². The molecule has 0 aliphatic carbocycles. The van der Waals surface area contributed by atoms with Crippen molar-refractivity contribution in [3.05, 3.63) is 23.8 Å². The quantitative estimate of drug-likeness (QED) is 0.338. The Morgan fingerprint density at radius 2 is 1.88 bits per heavy atom. The number of nitrogens with zero attached hydrogens (tertiary/aromatic N) is 2. The average Bonchev–Trinajstić information content (AvgIpc) is 2.19. The lowest BCUT2D eigenvalue weighted by Crippen LogP contribution is -2.26. The van der Waals surface area contributed by atoms with E-state index >= 15 is 0 Å². The predicted octanol–water partition coefficient (Wildman–Crippen LogP) is -0.690. The Labute approximate surface area is 96.1 Å². The minimum Gasteiger partial charge on any atom is -0.508 e. The summed E-state index contributed by atoms with van der Waals surface area (Å²) >= 11 is 0. The van der Waals surface area contributed by atoms with E-state index in [2.05, 4.69) is 9.98 Å². The molecule has 0 saturated carbocycles. The monoisotopic (exact) mass is 237 g/mol. The minimum atomic E-state index is -1.25. The number of carboxylic acid groups (broad SMARTS) is 1. The largest absolute Gasteiger partial charge is 0.508 e. The predicted molar refractivity (Wildman–Crippen MR) is 62.2 cm³/mol. The summed E-state index contributed by atoms with van der Waals surface area (Å²) in [6.07, 6.45) is 0. The van der Waals surface area contributed by atoms with Crippen LogP contribution in [0.5, 0.6) is 5.75 Å². The van der Waals surface area contributed by atoms with E-state index in [0.717, 1.165) is 6.07 Å². The van der Waals surface area contributed by atoms with Gasteiger partial charge in [-0.05, 0) is 18.2 Å². The Balaban J connectivity index is 3.23. The van der Waals surface area contributed by atoms with Gasteiger partial charge in [0.05, 0.1) is 11.3 Å². The lowest BCUT2D eigenvalue weighted by atomic mass is 10.2. The molecule has 1 aromatic rings. The molecule has 8 heteroatoms. The first kappa shape index (κ1) is 12.3. The zero-order valence-electron chi connectivity index (χ0n) is 8.66. The van der Waals surface area contributed by atoms with Crippen molar-refractivity contribution in [1.29, 1.82) is 0 Å². The highest BCUT2D eigenvalue weighted by atomic mass is 16.4. The van der Waals surface area contributed by atoms with Crippen molar-refractivity contribution in [2.24, 2.45) is 27.2 Å². The first-order chi connectivity index (χ1) is 7.90. The van der Waals surface area contributed by atoms with E-state index in [1.54, 1.807) is 0 Å². The van der Waals surface area contributed by atoms with E-state index in [9.17, 15) is 4.79 Å². The number of hydrogen-bond donors (Lipinski definition) is 5. The van der Waals surface area contributed by atoms with Crippen molar-refractivity contribution >= 4 is 23.6 Å². The molecule has 17 heavy (non-hydrogen) atoms. The Morgan fingerprint density at radius 1 is 1.24 bits per heavy atom. The lowest BCUT2D eigenvalue weighted by Gasteiger charge is -2.02. The summed E-state index contributed by atoms with van der Waals surface area (Å²) in [5.74, 6) is -2.01. The zero-order chi connectivity index (χ0) is 13.0. The molecule has 0 fully saturated rings. The van der Waals surface area contributed by atoms with Crippen LogP contribution in [0.25, 0.3) is 0 Å². The Morgan fingerprint density at radius 3 is 2.41 bits per heavy atom. The average molecular weight is 237 g/mol. The maximum absolute atomic E-state index is 10.9. The Kier molecular flexibility index (Phi) is 3.50. The summed E-state index contributed by atoms with van der Waals surface area (Å²) in [4.78, 5) is 18.0. The van der Waals surface area contributed by atoms with Gasteiger partial charge in [-0.3, -0.25) is 0 Å². The molecule has 1 aromatic carbocycles. The molecule has 0 unspecified atom stereocenters. The molecule has 8 nitrogen and oxygen atoms in total. The molecule has 0 heterocycles. The molecular weight excluding hydrogens is 226 g/mol. The summed E-state index contributed by atoms with van der Waals surface area (Å²) in [6, 6.07) is 3.60. The molecule has 0 bridgehead atoms. The summed E-state index contributed by atoms with van der Waals surface area (Å²) in [5, 5.41) is 18.0. The number of carbonyl (C=O) groups is 1. The highest BCUT2D eigenvalue weighted by Gasteiger charge is 2.10. The number of phenols is 1. The third kappa shape index (κ3) is 3.38. The van der Waals surface area contributed by atoms with E-state index in [1.165, 1.54) is 12.1 Å². The standard InChI is InChI=1S/C9H11N5O3/c10-8(11)14-9(12)13-6-2-1-4(15)3-5(6)7(16)17/h1-3,15H,(H,16,17)(H6,10,11,12,13,14). The minimum absolute atomic E-state index is 0.0396. The van der Waals surface area contributed by atoms with Gasteiger partial charge < -0.3 is 27.4 Å². The number of rotatable bonds is 2. The fraction of sp³-hybridized carbons (Fsp3) is 0. The number of nitrogens with two attached hydrogens (primary N) is 3. The third-order valence-electron chi connectivity index (χ3n) is 1.69. The van der Waals surface area contributed by atoms with Crippen LogP contribution in [0.4, 0.5) is 5.69 Å². The van der Waals surface area contributed by atoms with Crippen molar-refractivity contribution in [3.63, 3.8) is 0 Å². The first-order valence-corrected chi connectivity index (χ1v) is 4.40. The molecule has 0 saturated heterocycles. The second kappa shape index (κ2) is 4.84. The second-order valence-corrected chi connectivity index (χ2v) is 3.01. The van der Waals surface area contributed by atoms with Crippen LogP contribution in [0.3, 0.4) is 0 Å². The van der Waals surface area contributed by atoms with Crippen LogP contribution in [0, 0.1) is 0 Å². The summed E-state index contributed by atoms with van der Waals surface area (Å²) in [5.41, 5.74) is 15.4. The van der Waals surface area contributed by atoms with E-state index in [4.69, 9.17) is 27.4 Å². The van der Waals surface area contributed by atoms with Crippen molar-refractivity contribution in [2.75, 3.05) is 0 Å². The summed E-state index contributed by atoms with van der Waals surface area (Å²) in [6.45, 7) is 0. The zero-order valence-corrected chi connectivity index (χ0v) is 8.66. The van der Waals surface area contributed by atoms with E-state index in [0.29, 0.717) is 0 Å². The topological polar surface area (TPSA) is 160 Å². The number of aromatic hydroxyl groups is 1. The number of aliphatic imine (C=N–C) groups is 2. The SMILES string of the molecule is NC(N)=NC(N)=Nc1ccc(O)cc1C(=O)O. The Bertz CT molecular complexity index is 505. The number of benzene rings is 1. The molecule has 1 rings (SSSR count). The Hall–Kier alpha value is -2.77. The van der Waals surface area contributed by atoms with Crippen LogP contribution >= 0.6 is 0 Å². The molecule has 90 valence electrons. The molecule has 0 spiro atoms. The fourth-order valence-electron chi connectivity index (χ4n) is 1.07. The van der Waals surface area contributed by atoms with Crippen LogP contribution < -0.4 is 17.2 Å². The van der Waals surface area contributed by atoms with Crippen LogP contribution in [0.1, 0.15) is 10.4 Å². The van der Waals surface area contributed by atoms with Gasteiger partial charge in [0.25, 0.3) is 0 Å². The highest BCUT2D eigenvalue weighted by Crippen LogP contribution is 2.23. The van der Waals surface area contributed by atoms with Crippen molar-refractivity contribution in [1.82, 2.24) is 0 Å². The van der Waals surface area contributed by atoms with Crippen molar-refractivity contribution < 1.29 is 15.0 Å². The lowest BCUT2D eigenvalue weighted by molar-refractivity contribution is 0.0697. The van der Waals surface area contributed by atoms with Gasteiger partial charge in [-0.1, -0.05) is 0 Å². The molecule has 0 amide bonds. The van der Waals surface area contributed by atoms with Gasteiger partial charge in [-0.15, -0.1) is 0 Å². The maximum atomic E-state index is 10.9. The van der Waals surface area contributed by atoms with E-state index in [-0.39, 0.29) is 28.9 Å². The molecule has 0 aliphatic rings. The normalized spacial score (nSPS) is 10.9. The van der Waals surface area contributed by atoms with Gasteiger partial charge in [0.1, 0.15) is 5.75 Å². The smallest absolute Gasteiger partial charge is 0.338 e. The molecule has 0 aromatic heterocycles. The first-order valence-electron chi connectivity index (χ1n) is 4.40. The van der Waals surface area contributed by atoms with Crippen LogP contribution in [-0.2, 0) is 0 Å². The number of phenolic OH excluding ortho intramolecular Hbond substituents is 1. The third-order valence-corrected chi connectivity index (χ3v) is 1.69. The van der Waals surface area contributed by atoms with Crippen LogP contribution in [0.15, 0.2) is 28.2 Å². The molecule has 8 N–H and O–H groups in total. The van der Waals surface area contributed by atoms with Gasteiger partial charge in [0.15, 0.2) is 5.96 Å². The molecule has 0 atom stereocenters. The van der Waals surface area contributed by atoms with Gasteiger partial charge in [0, 0.05) is 0 Å². The maximum Gasteiger partial charge on any atom is 0.338 e. The fourth-order valence-corrected chi connectivity index (χ4v) is 1.07. The number of aromatic carboxylic acids is 1. The summed E-state index contributed by atoms with van der Waals surface area (Å²) in [7, 11) is 0. The van der Waals surface area contributed by atoms with Crippen LogP contribution in [0.2, 0.25) is 0 Å². The van der Waals surface area contributed by atoms with E-state index in [1.807, 2.05) is 0 Å². The van der Waals surface area contributed by atoms with E-state index < -0.39 is 5.97 Å². The van der Waals surface area contributed by atoms with Gasteiger partial charge in [-0.25, -0.2) is 9.79 Å². The molecule has 0 aliphatic heterocycles. The van der Waals surface area contributed by atoms with Crippen molar-refractivity contribution in [2.45, 2.75) is 0 Å². The number of hydrogen-bond acceptors (Lipinski definition) is 3. The van der Waals surface area contributed by atoms with Gasteiger partial charge in [-0.2, -0.15) is 4.99 Å². The highest BCUT2D eigenvalue weighted by molar-refractivity contribution is 5.98. The number of carboxylic acids is 1. The van der Waals surface area contributed by atoms with Gasteiger partial charge >= 0.3 is 5.97 Å². The van der Waals surface area contributed by atoms with Crippen molar-refractivity contribution in [3.8, 4) is 5.75 Å².